The van der Waals surface area contributed by atoms with Gasteiger partial charge in [0.2, 0.25) is 5.13 Å². The number of nitrogens with one attached hydrogen (secondary N) is 1. The number of nitrogens with zero attached hydrogens (tertiary/aromatic N) is 2. The summed E-state index contributed by atoms with van der Waals surface area (Å²) < 4.78 is 5.16. The van der Waals surface area contributed by atoms with Crippen LogP contribution in [0.4, 0.5) is 5.13 Å². The summed E-state index contributed by atoms with van der Waals surface area (Å²) in [5, 5.41) is 7.01. The van der Waals surface area contributed by atoms with Crippen LogP contribution in [0.15, 0.2) is 59.0 Å². The second-order valence-electron chi connectivity index (χ2n) is 5.05. The zero-order valence-corrected chi connectivity index (χ0v) is 13.8. The Morgan fingerprint density at radius 3 is 2.74 bits per heavy atom. The summed E-state index contributed by atoms with van der Waals surface area (Å²) in [4.78, 5) is 4.54. The average molecular weight is 323 g/mol. The first-order valence-electron chi connectivity index (χ1n) is 7.20. The summed E-state index contributed by atoms with van der Waals surface area (Å²) in [6, 6.07) is 16.0. The van der Waals surface area contributed by atoms with Gasteiger partial charge in [-0.25, -0.2) is 4.98 Å². The van der Waals surface area contributed by atoms with Gasteiger partial charge in [-0.2, -0.15) is 5.10 Å². The van der Waals surface area contributed by atoms with Gasteiger partial charge in [-0.05, 0) is 36.8 Å². The number of hydrazone groups is 1. The molecule has 4 nitrogen and oxygen atoms in total. The quantitative estimate of drug-likeness (QED) is 0.552. The Hall–Kier alpha value is -2.66. The highest BCUT2D eigenvalue weighted by Gasteiger charge is 2.04. The van der Waals surface area contributed by atoms with Crippen LogP contribution in [0.2, 0.25) is 0 Å². The molecular weight excluding hydrogens is 306 g/mol. The van der Waals surface area contributed by atoms with E-state index in [1.54, 1.807) is 13.3 Å². The fourth-order valence-corrected chi connectivity index (χ4v) is 2.80. The monoisotopic (exact) mass is 323 g/mol. The molecule has 0 saturated heterocycles. The molecule has 0 spiro atoms. The number of thiazole rings is 1. The van der Waals surface area contributed by atoms with Crippen LogP contribution in [-0.4, -0.2) is 18.3 Å². The number of hydrogen-bond acceptors (Lipinski definition) is 5. The van der Waals surface area contributed by atoms with Crippen molar-refractivity contribution in [2.45, 2.75) is 6.92 Å². The molecule has 0 aliphatic rings. The highest BCUT2D eigenvalue weighted by molar-refractivity contribution is 7.14. The van der Waals surface area contributed by atoms with Crippen molar-refractivity contribution in [3.63, 3.8) is 0 Å². The minimum Gasteiger partial charge on any atom is -0.497 e. The van der Waals surface area contributed by atoms with Gasteiger partial charge in [-0.15, -0.1) is 11.3 Å². The van der Waals surface area contributed by atoms with Gasteiger partial charge in [0.05, 0.1) is 19.0 Å². The van der Waals surface area contributed by atoms with Crippen LogP contribution >= 0.6 is 11.3 Å². The number of rotatable bonds is 5. The highest BCUT2D eigenvalue weighted by Crippen LogP contribution is 2.26. The Bertz CT molecular complexity index is 809. The van der Waals surface area contributed by atoms with Crippen LogP contribution in [0.1, 0.15) is 11.1 Å². The second kappa shape index (κ2) is 7.07. The van der Waals surface area contributed by atoms with Crippen molar-refractivity contribution < 1.29 is 4.74 Å². The van der Waals surface area contributed by atoms with Gasteiger partial charge in [-0.3, -0.25) is 5.43 Å². The zero-order valence-electron chi connectivity index (χ0n) is 13.0. The molecule has 0 fully saturated rings. The van der Waals surface area contributed by atoms with Gasteiger partial charge in [-0.1, -0.05) is 29.8 Å². The number of methoxy groups -OCH3 is 1. The largest absolute Gasteiger partial charge is 0.497 e. The molecule has 0 bridgehead atoms. The summed E-state index contributed by atoms with van der Waals surface area (Å²) in [7, 11) is 1.66. The van der Waals surface area contributed by atoms with E-state index >= 15 is 0 Å². The first-order valence-corrected chi connectivity index (χ1v) is 8.08. The van der Waals surface area contributed by atoms with Gasteiger partial charge in [0.15, 0.2) is 0 Å². The molecule has 0 amide bonds. The molecule has 0 aliphatic carbocycles. The van der Waals surface area contributed by atoms with Crippen LogP contribution in [0.3, 0.4) is 0 Å². The molecule has 3 aromatic rings. The molecule has 0 unspecified atom stereocenters. The molecule has 0 saturated carbocycles. The van der Waals surface area contributed by atoms with Crippen LogP contribution in [0.25, 0.3) is 11.3 Å². The predicted molar refractivity (Wildman–Crippen MR) is 96.5 cm³/mol. The van der Waals surface area contributed by atoms with Crippen LogP contribution in [0, 0.1) is 6.92 Å². The first kappa shape index (κ1) is 15.2. The van der Waals surface area contributed by atoms with Crippen molar-refractivity contribution in [3.8, 4) is 17.0 Å². The van der Waals surface area contributed by atoms with Crippen molar-refractivity contribution in [1.82, 2.24) is 4.98 Å². The lowest BCUT2D eigenvalue weighted by Crippen LogP contribution is -1.90. The van der Waals surface area contributed by atoms with Crippen molar-refractivity contribution in [2.24, 2.45) is 5.10 Å². The zero-order chi connectivity index (χ0) is 16.1. The minimum atomic E-state index is 0.764. The molecule has 5 heteroatoms. The van der Waals surface area contributed by atoms with E-state index < -0.39 is 0 Å². The lowest BCUT2D eigenvalue weighted by atomic mass is 10.2. The molecule has 23 heavy (non-hydrogen) atoms. The third-order valence-corrected chi connectivity index (χ3v) is 4.05. The number of benzene rings is 2. The van der Waals surface area contributed by atoms with E-state index in [2.05, 4.69) is 34.6 Å². The lowest BCUT2D eigenvalue weighted by Gasteiger charge is -2.00. The molecule has 1 N–H and O–H groups in total. The molecule has 1 aromatic heterocycles. The third kappa shape index (κ3) is 3.96. The van der Waals surface area contributed by atoms with E-state index in [4.69, 9.17) is 4.74 Å². The maximum absolute atomic E-state index is 5.16. The molecule has 0 atom stereocenters. The number of aromatic nitrogens is 1. The number of ether oxygens (including phenoxy) is 1. The Morgan fingerprint density at radius 1 is 1.17 bits per heavy atom. The Balaban J connectivity index is 1.67. The topological polar surface area (TPSA) is 46.5 Å². The van der Waals surface area contributed by atoms with Gasteiger partial charge < -0.3 is 4.74 Å². The summed E-state index contributed by atoms with van der Waals surface area (Å²) in [6.07, 6.45) is 1.79. The van der Waals surface area contributed by atoms with E-state index in [0.717, 1.165) is 27.7 Å². The summed E-state index contributed by atoms with van der Waals surface area (Å²) >= 11 is 1.53. The van der Waals surface area contributed by atoms with Crippen LogP contribution in [0.5, 0.6) is 5.75 Å². The standard InChI is InChI=1S/C18H17N3OS/c1-13-4-3-5-14(10-13)11-19-21-18-20-17(12-23-18)15-6-8-16(22-2)9-7-15/h3-12H,1-2H3,(H,20,21). The van der Waals surface area contributed by atoms with Crippen molar-refractivity contribution in [3.05, 3.63) is 65.0 Å². The van der Waals surface area contributed by atoms with Crippen molar-refractivity contribution in [1.29, 1.82) is 0 Å². The maximum atomic E-state index is 5.16. The van der Waals surface area contributed by atoms with Gasteiger partial charge in [0, 0.05) is 10.9 Å². The van der Waals surface area contributed by atoms with E-state index in [1.807, 2.05) is 41.8 Å². The normalized spacial score (nSPS) is 10.9. The number of hydrogen-bond donors (Lipinski definition) is 1. The first-order chi connectivity index (χ1) is 11.2. The number of aryl methyl sites for hydroxylation is 1. The fraction of sp³-hybridized carbons (Fsp3) is 0.111. The molecule has 0 radical (unpaired) electrons. The van der Waals surface area contributed by atoms with Crippen LogP contribution in [-0.2, 0) is 0 Å². The van der Waals surface area contributed by atoms with Crippen LogP contribution < -0.4 is 10.2 Å². The predicted octanol–water partition coefficient (Wildman–Crippen LogP) is 4.57. The second-order valence-corrected chi connectivity index (χ2v) is 5.91. The average Bonchev–Trinajstić information content (AvgIpc) is 3.04. The Morgan fingerprint density at radius 2 is 2.00 bits per heavy atom. The number of anilines is 1. The highest BCUT2D eigenvalue weighted by atomic mass is 32.1. The van der Waals surface area contributed by atoms with E-state index in [-0.39, 0.29) is 0 Å². The Kier molecular flexibility index (Phi) is 4.68. The summed E-state index contributed by atoms with van der Waals surface area (Å²) in [5.74, 6) is 0.838. The fourth-order valence-electron chi connectivity index (χ4n) is 2.13. The molecule has 2 aromatic carbocycles. The summed E-state index contributed by atoms with van der Waals surface area (Å²) in [5.41, 5.74) is 7.23. The Labute approximate surface area is 139 Å². The van der Waals surface area contributed by atoms with E-state index in [9.17, 15) is 0 Å². The SMILES string of the molecule is COc1ccc(-c2csc(NN=Cc3cccc(C)c3)n2)cc1. The molecule has 0 aliphatic heterocycles. The van der Waals surface area contributed by atoms with Crippen molar-refractivity contribution in [2.75, 3.05) is 12.5 Å². The van der Waals surface area contributed by atoms with Gasteiger partial charge in [0.1, 0.15) is 5.75 Å². The van der Waals surface area contributed by atoms with Gasteiger partial charge in [0.25, 0.3) is 0 Å². The van der Waals surface area contributed by atoms with Crippen molar-refractivity contribution >= 4 is 22.7 Å². The van der Waals surface area contributed by atoms with E-state index in [1.165, 1.54) is 16.9 Å². The van der Waals surface area contributed by atoms with Gasteiger partial charge >= 0.3 is 0 Å². The third-order valence-electron chi connectivity index (χ3n) is 3.31. The molecular formula is C18H17N3OS. The molecule has 1 heterocycles. The summed E-state index contributed by atoms with van der Waals surface area (Å²) in [6.45, 7) is 2.06. The molecule has 116 valence electrons. The maximum Gasteiger partial charge on any atom is 0.203 e. The van der Waals surface area contributed by atoms with E-state index in [0.29, 0.717) is 0 Å². The molecule has 3 rings (SSSR count). The lowest BCUT2D eigenvalue weighted by molar-refractivity contribution is 0.415. The smallest absolute Gasteiger partial charge is 0.203 e. The minimum absolute atomic E-state index is 0.764.